The molecule has 0 amide bonds. The van der Waals surface area contributed by atoms with Gasteiger partial charge in [0.1, 0.15) is 5.75 Å². The van der Waals surface area contributed by atoms with Gasteiger partial charge in [-0.25, -0.2) is 4.79 Å². The van der Waals surface area contributed by atoms with Crippen LogP contribution < -0.4 is 4.90 Å². The van der Waals surface area contributed by atoms with Crippen molar-refractivity contribution in [3.63, 3.8) is 0 Å². The van der Waals surface area contributed by atoms with Gasteiger partial charge >= 0.3 is 5.97 Å². The van der Waals surface area contributed by atoms with Crippen molar-refractivity contribution in [1.29, 1.82) is 0 Å². The van der Waals surface area contributed by atoms with Crippen LogP contribution in [0.1, 0.15) is 15.9 Å². The van der Waals surface area contributed by atoms with Crippen molar-refractivity contribution in [2.24, 2.45) is 0 Å². The molecule has 0 saturated heterocycles. The molecule has 21 heavy (non-hydrogen) atoms. The van der Waals surface area contributed by atoms with Crippen LogP contribution in [0.5, 0.6) is 5.75 Å². The number of carbonyl (C=O) groups excluding carboxylic acids is 1. The average molecular weight is 350 g/mol. The normalized spacial score (nSPS) is 10.2. The van der Waals surface area contributed by atoms with Gasteiger partial charge in [-0.15, -0.1) is 0 Å². The summed E-state index contributed by atoms with van der Waals surface area (Å²) < 4.78 is 5.54. The minimum absolute atomic E-state index is 0.236. The Hall–Kier alpha value is -2.01. The van der Waals surface area contributed by atoms with E-state index in [0.29, 0.717) is 12.1 Å². The van der Waals surface area contributed by atoms with E-state index in [0.717, 1.165) is 15.7 Å². The van der Waals surface area contributed by atoms with E-state index in [1.54, 1.807) is 30.3 Å². The van der Waals surface area contributed by atoms with Crippen molar-refractivity contribution >= 4 is 27.6 Å². The molecule has 0 aromatic heterocycles. The number of nitrogens with zero attached hydrogens (tertiary/aromatic N) is 1. The molecule has 0 spiro atoms. The van der Waals surface area contributed by atoms with Crippen LogP contribution in [0.15, 0.2) is 46.9 Å². The number of hydrogen-bond acceptors (Lipinski definition) is 4. The first kappa shape index (κ1) is 15.4. The van der Waals surface area contributed by atoms with Crippen LogP contribution >= 0.6 is 15.9 Å². The molecule has 1 N–H and O–H groups in total. The monoisotopic (exact) mass is 349 g/mol. The number of ether oxygens (including phenoxy) is 1. The maximum Gasteiger partial charge on any atom is 0.337 e. The number of anilines is 1. The third-order valence-corrected chi connectivity index (χ3v) is 3.89. The van der Waals surface area contributed by atoms with Crippen LogP contribution in [-0.4, -0.2) is 25.2 Å². The summed E-state index contributed by atoms with van der Waals surface area (Å²) in [6, 6.07) is 12.4. The quantitative estimate of drug-likeness (QED) is 0.857. The van der Waals surface area contributed by atoms with Gasteiger partial charge in [-0.2, -0.15) is 0 Å². The molecular formula is C16H16BrNO3. The Morgan fingerprint density at radius 1 is 1.29 bits per heavy atom. The van der Waals surface area contributed by atoms with Crippen molar-refractivity contribution in [2.75, 3.05) is 19.1 Å². The molecule has 0 bridgehead atoms. The molecular weight excluding hydrogens is 334 g/mol. The molecule has 0 atom stereocenters. The van der Waals surface area contributed by atoms with Gasteiger partial charge in [-0.1, -0.05) is 28.1 Å². The highest BCUT2D eigenvalue weighted by molar-refractivity contribution is 9.10. The van der Waals surface area contributed by atoms with Gasteiger partial charge in [0.25, 0.3) is 0 Å². The Morgan fingerprint density at radius 3 is 2.67 bits per heavy atom. The SMILES string of the molecule is COC(=O)c1ccc(CN(C)c2cccc(O)c2)c(Br)c1. The molecule has 0 aliphatic rings. The number of hydrogen-bond donors (Lipinski definition) is 1. The zero-order valence-corrected chi connectivity index (χ0v) is 13.4. The van der Waals surface area contributed by atoms with E-state index < -0.39 is 0 Å². The molecule has 4 nitrogen and oxygen atoms in total. The van der Waals surface area contributed by atoms with E-state index in [9.17, 15) is 9.90 Å². The summed E-state index contributed by atoms with van der Waals surface area (Å²) in [5.41, 5.74) is 2.46. The fourth-order valence-corrected chi connectivity index (χ4v) is 2.50. The Balaban J connectivity index is 2.18. The predicted molar refractivity (Wildman–Crippen MR) is 85.7 cm³/mol. The summed E-state index contributed by atoms with van der Waals surface area (Å²) in [5.74, 6) is -0.122. The lowest BCUT2D eigenvalue weighted by Crippen LogP contribution is -2.16. The van der Waals surface area contributed by atoms with E-state index >= 15 is 0 Å². The second-order valence-electron chi connectivity index (χ2n) is 4.67. The molecule has 0 unspecified atom stereocenters. The van der Waals surface area contributed by atoms with Crippen LogP contribution in [0.2, 0.25) is 0 Å². The number of halogens is 1. The lowest BCUT2D eigenvalue weighted by atomic mass is 10.1. The van der Waals surface area contributed by atoms with Gasteiger partial charge in [-0.05, 0) is 29.8 Å². The average Bonchev–Trinajstić information content (AvgIpc) is 2.48. The molecule has 2 rings (SSSR count). The van der Waals surface area contributed by atoms with Crippen LogP contribution in [0.4, 0.5) is 5.69 Å². The van der Waals surface area contributed by atoms with Gasteiger partial charge in [0.15, 0.2) is 0 Å². The highest BCUT2D eigenvalue weighted by Gasteiger charge is 2.10. The van der Waals surface area contributed by atoms with E-state index in [2.05, 4.69) is 15.9 Å². The number of aromatic hydroxyl groups is 1. The summed E-state index contributed by atoms with van der Waals surface area (Å²) in [5, 5.41) is 9.52. The predicted octanol–water partition coefficient (Wildman–Crippen LogP) is 3.58. The standard InChI is InChI=1S/C16H16BrNO3/c1-18(13-4-3-5-14(19)9-13)10-12-7-6-11(8-15(12)17)16(20)21-2/h3-9,19H,10H2,1-2H3. The topological polar surface area (TPSA) is 49.8 Å². The molecule has 110 valence electrons. The Morgan fingerprint density at radius 2 is 2.05 bits per heavy atom. The van der Waals surface area contributed by atoms with Crippen molar-refractivity contribution in [3.8, 4) is 5.75 Å². The number of benzene rings is 2. The zero-order chi connectivity index (χ0) is 15.4. The molecule has 0 saturated carbocycles. The summed E-state index contributed by atoms with van der Waals surface area (Å²) in [6.07, 6.45) is 0. The van der Waals surface area contributed by atoms with Gasteiger partial charge in [-0.3, -0.25) is 0 Å². The minimum atomic E-state index is -0.358. The number of phenolic OH excluding ortho intramolecular Hbond substituents is 1. The number of methoxy groups -OCH3 is 1. The maximum absolute atomic E-state index is 11.5. The van der Waals surface area contributed by atoms with Crippen molar-refractivity contribution < 1.29 is 14.6 Å². The van der Waals surface area contributed by atoms with Crippen molar-refractivity contribution in [3.05, 3.63) is 58.1 Å². The largest absolute Gasteiger partial charge is 0.508 e. The molecule has 5 heteroatoms. The number of esters is 1. The molecule has 0 aliphatic heterocycles. The second kappa shape index (κ2) is 6.63. The van der Waals surface area contributed by atoms with Crippen LogP contribution in [0.3, 0.4) is 0 Å². The number of rotatable bonds is 4. The minimum Gasteiger partial charge on any atom is -0.508 e. The second-order valence-corrected chi connectivity index (χ2v) is 5.53. The molecule has 2 aromatic rings. The highest BCUT2D eigenvalue weighted by Crippen LogP contribution is 2.24. The lowest BCUT2D eigenvalue weighted by molar-refractivity contribution is 0.0600. The van der Waals surface area contributed by atoms with Gasteiger partial charge < -0.3 is 14.7 Å². The highest BCUT2D eigenvalue weighted by atomic mass is 79.9. The fraction of sp³-hybridized carbons (Fsp3) is 0.188. The van der Waals surface area contributed by atoms with E-state index in [4.69, 9.17) is 4.74 Å². The first-order valence-electron chi connectivity index (χ1n) is 6.38. The van der Waals surface area contributed by atoms with Gasteiger partial charge in [0.05, 0.1) is 12.7 Å². The van der Waals surface area contributed by atoms with Gasteiger partial charge in [0, 0.05) is 29.8 Å². The molecule has 0 fully saturated rings. The van der Waals surface area contributed by atoms with Crippen molar-refractivity contribution in [1.82, 2.24) is 0 Å². The summed E-state index contributed by atoms with van der Waals surface area (Å²) in [7, 11) is 3.30. The third kappa shape index (κ3) is 3.76. The first-order valence-corrected chi connectivity index (χ1v) is 7.17. The van der Waals surface area contributed by atoms with Crippen LogP contribution in [-0.2, 0) is 11.3 Å². The lowest BCUT2D eigenvalue weighted by Gasteiger charge is -2.20. The van der Waals surface area contributed by atoms with Crippen LogP contribution in [0, 0.1) is 0 Å². The number of carbonyl (C=O) groups is 1. The van der Waals surface area contributed by atoms with Crippen LogP contribution in [0.25, 0.3) is 0 Å². The smallest absolute Gasteiger partial charge is 0.337 e. The first-order chi connectivity index (χ1) is 10.0. The Bertz CT molecular complexity index is 658. The number of phenols is 1. The molecule has 0 heterocycles. The fourth-order valence-electron chi connectivity index (χ4n) is 2.00. The molecule has 0 radical (unpaired) electrons. The summed E-state index contributed by atoms with van der Waals surface area (Å²) >= 11 is 3.48. The van der Waals surface area contributed by atoms with E-state index in [1.807, 2.05) is 24.1 Å². The summed E-state index contributed by atoms with van der Waals surface area (Å²) in [6.45, 7) is 0.644. The Labute approximate surface area is 132 Å². The maximum atomic E-state index is 11.5. The molecule has 2 aromatic carbocycles. The van der Waals surface area contributed by atoms with E-state index in [1.165, 1.54) is 7.11 Å². The van der Waals surface area contributed by atoms with E-state index in [-0.39, 0.29) is 11.7 Å². The zero-order valence-electron chi connectivity index (χ0n) is 11.8. The van der Waals surface area contributed by atoms with Gasteiger partial charge in [0.2, 0.25) is 0 Å². The molecule has 0 aliphatic carbocycles. The Kier molecular flexibility index (Phi) is 4.85. The summed E-state index contributed by atoms with van der Waals surface area (Å²) in [4.78, 5) is 13.5. The van der Waals surface area contributed by atoms with Crippen molar-refractivity contribution in [2.45, 2.75) is 6.54 Å². The third-order valence-electron chi connectivity index (χ3n) is 3.15.